The first-order chi connectivity index (χ1) is 9.65. The third kappa shape index (κ3) is 3.29. The third-order valence-corrected chi connectivity index (χ3v) is 4.27. The van der Waals surface area contributed by atoms with Crippen molar-refractivity contribution in [1.29, 1.82) is 0 Å². The van der Waals surface area contributed by atoms with Crippen molar-refractivity contribution in [3.8, 4) is 0 Å². The lowest BCUT2D eigenvalue weighted by molar-refractivity contribution is -0.142. The summed E-state index contributed by atoms with van der Waals surface area (Å²) in [4.78, 5) is 40.1. The summed E-state index contributed by atoms with van der Waals surface area (Å²) in [7, 11) is 0. The minimum Gasteiger partial charge on any atom is -0.343 e. The largest absolute Gasteiger partial charge is 0.343 e. The number of carbonyl (C=O) groups excluding carboxylic acids is 3. The normalized spacial score (nSPS) is 20.9. The molecular weight excluding hydrogens is 258 g/mol. The Morgan fingerprint density at radius 2 is 1.60 bits per heavy atom. The lowest BCUT2D eigenvalue weighted by Gasteiger charge is -2.37. The lowest BCUT2D eigenvalue weighted by Crippen LogP contribution is -2.51. The average Bonchev–Trinajstić information content (AvgIpc) is 2.53. The fraction of sp³-hybridized carbons (Fsp3) is 0.786. The van der Waals surface area contributed by atoms with Crippen molar-refractivity contribution in [2.75, 3.05) is 39.3 Å². The van der Waals surface area contributed by atoms with Crippen molar-refractivity contribution in [3.05, 3.63) is 0 Å². The van der Waals surface area contributed by atoms with Crippen LogP contribution in [0.1, 0.15) is 26.2 Å². The van der Waals surface area contributed by atoms with Crippen molar-refractivity contribution >= 4 is 18.2 Å². The fourth-order valence-electron chi connectivity index (χ4n) is 2.91. The molecule has 0 aromatic rings. The minimum absolute atomic E-state index is 0.0405. The summed E-state index contributed by atoms with van der Waals surface area (Å²) in [6.45, 7) is 5.77. The molecule has 6 nitrogen and oxygen atoms in total. The maximum atomic E-state index is 12.4. The second-order valence-corrected chi connectivity index (χ2v) is 5.48. The molecule has 0 aromatic heterocycles. The minimum atomic E-state index is 0.0405. The molecule has 0 N–H and O–H groups in total. The van der Waals surface area contributed by atoms with Gasteiger partial charge in [0.05, 0.1) is 0 Å². The molecule has 0 spiro atoms. The highest BCUT2D eigenvalue weighted by Crippen LogP contribution is 2.20. The predicted molar refractivity (Wildman–Crippen MR) is 73.8 cm³/mol. The van der Waals surface area contributed by atoms with E-state index >= 15 is 0 Å². The molecule has 0 unspecified atom stereocenters. The van der Waals surface area contributed by atoms with Gasteiger partial charge in [0.1, 0.15) is 0 Å². The van der Waals surface area contributed by atoms with Gasteiger partial charge in [0, 0.05) is 51.6 Å². The molecule has 0 aliphatic carbocycles. The van der Waals surface area contributed by atoms with Crippen LogP contribution in [0.15, 0.2) is 0 Å². The standard InChI is InChI=1S/C14H23N3O3/c1-2-13(19)16-5-3-12(4-6-16)14(20)17-9-7-15(11-18)8-10-17/h11-12H,2-10H2,1H3. The molecule has 2 fully saturated rings. The van der Waals surface area contributed by atoms with Gasteiger partial charge in [-0.05, 0) is 12.8 Å². The Balaban J connectivity index is 1.80. The van der Waals surface area contributed by atoms with Gasteiger partial charge in [-0.15, -0.1) is 0 Å². The maximum absolute atomic E-state index is 12.4. The van der Waals surface area contributed by atoms with E-state index in [0.717, 1.165) is 19.3 Å². The number of hydrogen-bond donors (Lipinski definition) is 0. The Labute approximate surface area is 119 Å². The second-order valence-electron chi connectivity index (χ2n) is 5.48. The molecule has 3 amide bonds. The van der Waals surface area contributed by atoms with Gasteiger partial charge >= 0.3 is 0 Å². The Morgan fingerprint density at radius 1 is 1.00 bits per heavy atom. The van der Waals surface area contributed by atoms with Gasteiger partial charge in [0.2, 0.25) is 18.2 Å². The summed E-state index contributed by atoms with van der Waals surface area (Å²) in [5.74, 6) is 0.410. The maximum Gasteiger partial charge on any atom is 0.225 e. The van der Waals surface area contributed by atoms with E-state index in [1.807, 2.05) is 16.7 Å². The van der Waals surface area contributed by atoms with Gasteiger partial charge in [-0.2, -0.15) is 0 Å². The number of likely N-dealkylation sites (tertiary alicyclic amines) is 1. The van der Waals surface area contributed by atoms with Crippen molar-refractivity contribution in [2.24, 2.45) is 5.92 Å². The van der Waals surface area contributed by atoms with Crippen molar-refractivity contribution in [2.45, 2.75) is 26.2 Å². The average molecular weight is 281 g/mol. The molecule has 6 heteroatoms. The molecule has 0 bridgehead atoms. The zero-order valence-corrected chi connectivity index (χ0v) is 12.1. The Kier molecular flexibility index (Phi) is 4.98. The molecular formula is C14H23N3O3. The van der Waals surface area contributed by atoms with Crippen LogP contribution in [-0.4, -0.2) is 72.2 Å². The summed E-state index contributed by atoms with van der Waals surface area (Å²) >= 11 is 0. The van der Waals surface area contributed by atoms with E-state index in [0.29, 0.717) is 45.7 Å². The number of rotatable bonds is 3. The van der Waals surface area contributed by atoms with Gasteiger partial charge in [-0.25, -0.2) is 0 Å². The Bertz CT molecular complexity index is 370. The van der Waals surface area contributed by atoms with Crippen LogP contribution in [0.4, 0.5) is 0 Å². The number of hydrogen-bond acceptors (Lipinski definition) is 3. The van der Waals surface area contributed by atoms with Crippen LogP contribution in [0, 0.1) is 5.92 Å². The van der Waals surface area contributed by atoms with Gasteiger partial charge in [-0.3, -0.25) is 14.4 Å². The molecule has 112 valence electrons. The molecule has 2 saturated heterocycles. The van der Waals surface area contributed by atoms with E-state index in [-0.39, 0.29) is 17.7 Å². The first kappa shape index (κ1) is 14.8. The van der Waals surface area contributed by atoms with E-state index in [1.54, 1.807) is 4.90 Å². The summed E-state index contributed by atoms with van der Waals surface area (Å²) in [6.07, 6.45) is 2.90. The molecule has 0 radical (unpaired) electrons. The molecule has 0 aromatic carbocycles. The predicted octanol–water partition coefficient (Wildman–Crippen LogP) is -0.0644. The van der Waals surface area contributed by atoms with Crippen molar-refractivity contribution in [1.82, 2.24) is 14.7 Å². The van der Waals surface area contributed by atoms with E-state index in [2.05, 4.69) is 0 Å². The fourth-order valence-corrected chi connectivity index (χ4v) is 2.91. The van der Waals surface area contributed by atoms with Gasteiger partial charge in [-0.1, -0.05) is 6.92 Å². The molecule has 2 aliphatic heterocycles. The molecule has 2 aliphatic rings. The number of carbonyl (C=O) groups is 3. The first-order valence-corrected chi connectivity index (χ1v) is 7.41. The summed E-state index contributed by atoms with van der Waals surface area (Å²) < 4.78 is 0. The van der Waals surface area contributed by atoms with E-state index in [4.69, 9.17) is 0 Å². The molecule has 20 heavy (non-hydrogen) atoms. The smallest absolute Gasteiger partial charge is 0.225 e. The second kappa shape index (κ2) is 6.72. The molecule has 0 atom stereocenters. The molecule has 2 heterocycles. The quantitative estimate of drug-likeness (QED) is 0.681. The highest BCUT2D eigenvalue weighted by Gasteiger charge is 2.31. The highest BCUT2D eigenvalue weighted by molar-refractivity contribution is 5.80. The van der Waals surface area contributed by atoms with Gasteiger partial charge < -0.3 is 14.7 Å². The van der Waals surface area contributed by atoms with Crippen LogP contribution in [0.3, 0.4) is 0 Å². The zero-order valence-electron chi connectivity index (χ0n) is 12.1. The van der Waals surface area contributed by atoms with Gasteiger partial charge in [0.15, 0.2) is 0 Å². The number of nitrogens with zero attached hydrogens (tertiary/aromatic N) is 3. The van der Waals surface area contributed by atoms with Gasteiger partial charge in [0.25, 0.3) is 0 Å². The van der Waals surface area contributed by atoms with Crippen LogP contribution >= 0.6 is 0 Å². The number of piperazine rings is 1. The summed E-state index contributed by atoms with van der Waals surface area (Å²) in [5.41, 5.74) is 0. The van der Waals surface area contributed by atoms with Crippen LogP contribution in [-0.2, 0) is 14.4 Å². The zero-order chi connectivity index (χ0) is 14.5. The summed E-state index contributed by atoms with van der Waals surface area (Å²) in [6, 6.07) is 0. The van der Waals surface area contributed by atoms with Crippen LogP contribution in [0.2, 0.25) is 0 Å². The molecule has 2 rings (SSSR count). The lowest BCUT2D eigenvalue weighted by atomic mass is 9.95. The number of piperidine rings is 1. The van der Waals surface area contributed by atoms with Crippen molar-refractivity contribution in [3.63, 3.8) is 0 Å². The van der Waals surface area contributed by atoms with E-state index in [9.17, 15) is 14.4 Å². The van der Waals surface area contributed by atoms with E-state index < -0.39 is 0 Å². The van der Waals surface area contributed by atoms with Crippen LogP contribution < -0.4 is 0 Å². The van der Waals surface area contributed by atoms with Crippen molar-refractivity contribution < 1.29 is 14.4 Å². The SMILES string of the molecule is CCC(=O)N1CCC(C(=O)N2CCN(C=O)CC2)CC1. The number of amides is 3. The molecule has 0 saturated carbocycles. The summed E-state index contributed by atoms with van der Waals surface area (Å²) in [5, 5.41) is 0. The topological polar surface area (TPSA) is 60.9 Å². The first-order valence-electron chi connectivity index (χ1n) is 7.41. The Morgan fingerprint density at radius 3 is 2.10 bits per heavy atom. The van der Waals surface area contributed by atoms with Crippen LogP contribution in [0.5, 0.6) is 0 Å². The third-order valence-electron chi connectivity index (χ3n) is 4.27. The van der Waals surface area contributed by atoms with E-state index in [1.165, 1.54) is 0 Å². The Hall–Kier alpha value is -1.59. The monoisotopic (exact) mass is 281 g/mol. The highest BCUT2D eigenvalue weighted by atomic mass is 16.2. The van der Waals surface area contributed by atoms with Crippen LogP contribution in [0.25, 0.3) is 0 Å².